The number of rotatable bonds is 2. The van der Waals surface area contributed by atoms with Crippen LogP contribution in [-0.2, 0) is 0 Å². The van der Waals surface area contributed by atoms with Gasteiger partial charge in [-0.3, -0.25) is 0 Å². The number of benzene rings is 1. The molecule has 0 amide bonds. The zero-order chi connectivity index (χ0) is 21.3. The lowest BCUT2D eigenvalue weighted by Gasteiger charge is -2.25. The molecule has 1 atom stereocenters. The summed E-state index contributed by atoms with van der Waals surface area (Å²) in [5.41, 5.74) is 3.58. The summed E-state index contributed by atoms with van der Waals surface area (Å²) in [4.78, 5) is 12.4. The fraction of sp³-hybridized carbons (Fsp3) is 0.238. The SMILES string of the molecule is [2H]C([2H])([2H])C([2H])(C)N1CN(c2c(C)ccc3c2oc2ncccc23)c2ncccc21. The summed E-state index contributed by atoms with van der Waals surface area (Å²) < 4.78 is 38.4. The summed E-state index contributed by atoms with van der Waals surface area (Å²) in [6, 6.07) is 9.58. The zero-order valence-corrected chi connectivity index (χ0v) is 14.5. The molecule has 0 saturated carbocycles. The van der Waals surface area contributed by atoms with Gasteiger partial charge in [-0.05, 0) is 50.5 Å². The van der Waals surface area contributed by atoms with Gasteiger partial charge in [0, 0.05) is 33.3 Å². The van der Waals surface area contributed by atoms with E-state index in [1.165, 1.54) is 6.92 Å². The number of pyridine rings is 2. The Morgan fingerprint density at radius 2 is 2.00 bits per heavy atom. The lowest BCUT2D eigenvalue weighted by Crippen LogP contribution is -2.33. The molecule has 4 heterocycles. The van der Waals surface area contributed by atoms with Gasteiger partial charge in [-0.25, -0.2) is 9.97 Å². The fourth-order valence-electron chi connectivity index (χ4n) is 3.65. The van der Waals surface area contributed by atoms with Gasteiger partial charge in [0.05, 0.1) is 19.4 Å². The Kier molecular flexibility index (Phi) is 2.42. The van der Waals surface area contributed by atoms with Crippen molar-refractivity contribution in [2.45, 2.75) is 26.7 Å². The minimum atomic E-state index is -2.50. The van der Waals surface area contributed by atoms with Crippen LogP contribution >= 0.6 is 0 Å². The molecule has 1 aliphatic rings. The highest BCUT2D eigenvalue weighted by Crippen LogP contribution is 2.45. The molecular formula is C21H20N4O. The van der Waals surface area contributed by atoms with Gasteiger partial charge in [0.1, 0.15) is 0 Å². The van der Waals surface area contributed by atoms with Crippen LogP contribution < -0.4 is 9.80 Å². The fourth-order valence-corrected chi connectivity index (χ4v) is 3.65. The maximum Gasteiger partial charge on any atom is 0.227 e. The Hall–Kier alpha value is -3.08. The van der Waals surface area contributed by atoms with Crippen molar-refractivity contribution in [1.82, 2.24) is 9.97 Å². The molecular weight excluding hydrogens is 324 g/mol. The predicted molar refractivity (Wildman–Crippen MR) is 105 cm³/mol. The van der Waals surface area contributed by atoms with Crippen LogP contribution in [0, 0.1) is 6.92 Å². The van der Waals surface area contributed by atoms with E-state index in [4.69, 9.17) is 9.90 Å². The van der Waals surface area contributed by atoms with E-state index in [0.717, 1.165) is 22.0 Å². The van der Waals surface area contributed by atoms with Gasteiger partial charge in [0.2, 0.25) is 5.71 Å². The number of hydrogen-bond donors (Lipinski definition) is 0. The molecule has 3 aromatic heterocycles. The lowest BCUT2D eigenvalue weighted by molar-refractivity contribution is 0.651. The van der Waals surface area contributed by atoms with Gasteiger partial charge in [-0.15, -0.1) is 0 Å². The molecule has 0 N–H and O–H groups in total. The highest BCUT2D eigenvalue weighted by atomic mass is 16.3. The lowest BCUT2D eigenvalue weighted by atomic mass is 10.1. The minimum Gasteiger partial charge on any atom is -0.435 e. The summed E-state index contributed by atoms with van der Waals surface area (Å²) >= 11 is 0. The van der Waals surface area contributed by atoms with Crippen LogP contribution in [0.5, 0.6) is 0 Å². The van der Waals surface area contributed by atoms with Gasteiger partial charge in [0.25, 0.3) is 0 Å². The molecule has 0 radical (unpaired) electrons. The smallest absolute Gasteiger partial charge is 0.227 e. The molecule has 5 heteroatoms. The van der Waals surface area contributed by atoms with Crippen LogP contribution in [0.2, 0.25) is 0 Å². The average Bonchev–Trinajstić information content (AvgIpc) is 3.26. The summed E-state index contributed by atoms with van der Waals surface area (Å²) in [6.45, 7) is 1.07. The van der Waals surface area contributed by atoms with E-state index < -0.39 is 12.9 Å². The normalized spacial score (nSPS) is 19.0. The third-order valence-corrected chi connectivity index (χ3v) is 4.86. The molecule has 0 saturated heterocycles. The van der Waals surface area contributed by atoms with Crippen LogP contribution in [0.1, 0.15) is 24.8 Å². The molecule has 4 aromatic rings. The predicted octanol–water partition coefficient (Wildman–Crippen LogP) is 5.01. The van der Waals surface area contributed by atoms with Crippen LogP contribution in [0.3, 0.4) is 0 Å². The van der Waals surface area contributed by atoms with E-state index in [1.54, 1.807) is 29.4 Å². The molecule has 0 spiro atoms. The third kappa shape index (κ3) is 2.03. The number of aromatic nitrogens is 2. The van der Waals surface area contributed by atoms with Crippen molar-refractivity contribution < 1.29 is 9.90 Å². The molecule has 130 valence electrons. The topological polar surface area (TPSA) is 45.4 Å². The molecule has 0 fully saturated rings. The Bertz CT molecular complexity index is 1280. The van der Waals surface area contributed by atoms with Crippen molar-refractivity contribution >= 4 is 39.3 Å². The van der Waals surface area contributed by atoms with Crippen LogP contribution in [0.4, 0.5) is 17.2 Å². The first-order chi connectivity index (χ1) is 14.2. The molecule has 5 rings (SSSR count). The largest absolute Gasteiger partial charge is 0.435 e. The van der Waals surface area contributed by atoms with Gasteiger partial charge in [-0.1, -0.05) is 12.1 Å². The van der Waals surface area contributed by atoms with E-state index >= 15 is 0 Å². The van der Waals surface area contributed by atoms with E-state index in [2.05, 4.69) is 9.97 Å². The van der Waals surface area contributed by atoms with Crippen molar-refractivity contribution in [3.63, 3.8) is 0 Å². The van der Waals surface area contributed by atoms with Crippen molar-refractivity contribution in [3.05, 3.63) is 54.4 Å². The minimum absolute atomic E-state index is 0.176. The second kappa shape index (κ2) is 5.46. The first-order valence-electron chi connectivity index (χ1n) is 10.5. The van der Waals surface area contributed by atoms with Gasteiger partial charge < -0.3 is 14.2 Å². The molecule has 26 heavy (non-hydrogen) atoms. The van der Waals surface area contributed by atoms with Gasteiger partial charge in [-0.2, -0.15) is 0 Å². The number of nitrogens with zero attached hydrogens (tertiary/aromatic N) is 4. The standard InChI is InChI=1S/C21H20N4O/c1-13(2)24-12-25(20-17(24)7-5-10-22-20)18-14(3)8-9-15-16-6-4-11-23-21(16)26-19(15)18/h4-11,13H,12H2,1-3H3/i1D3,13D. The Morgan fingerprint density at radius 1 is 1.15 bits per heavy atom. The summed E-state index contributed by atoms with van der Waals surface area (Å²) in [7, 11) is 0. The Balaban J connectivity index is 1.74. The van der Waals surface area contributed by atoms with Crippen LogP contribution in [0.25, 0.3) is 22.1 Å². The Labute approximate surface area is 157 Å². The van der Waals surface area contributed by atoms with E-state index in [0.29, 0.717) is 22.8 Å². The first kappa shape index (κ1) is 11.5. The molecule has 1 unspecified atom stereocenters. The van der Waals surface area contributed by atoms with Gasteiger partial charge in [0.15, 0.2) is 11.4 Å². The van der Waals surface area contributed by atoms with Crippen LogP contribution in [-0.4, -0.2) is 22.7 Å². The number of furan rings is 1. The van der Waals surface area contributed by atoms with Crippen molar-refractivity contribution in [2.24, 2.45) is 0 Å². The van der Waals surface area contributed by atoms with Gasteiger partial charge >= 0.3 is 0 Å². The van der Waals surface area contributed by atoms with E-state index in [-0.39, 0.29) is 6.67 Å². The number of hydrogen-bond acceptors (Lipinski definition) is 5. The number of fused-ring (bicyclic) bond motifs is 4. The Morgan fingerprint density at radius 3 is 2.88 bits per heavy atom. The molecule has 5 nitrogen and oxygen atoms in total. The highest BCUT2D eigenvalue weighted by molar-refractivity contribution is 6.09. The second-order valence-electron chi connectivity index (χ2n) is 6.49. The molecule has 1 aromatic carbocycles. The quantitative estimate of drug-likeness (QED) is 0.509. The second-order valence-corrected chi connectivity index (χ2v) is 6.49. The molecule has 1 aliphatic heterocycles. The third-order valence-electron chi connectivity index (χ3n) is 4.86. The summed E-state index contributed by atoms with van der Waals surface area (Å²) in [5, 5.41) is 1.85. The molecule has 0 bridgehead atoms. The molecule has 0 aliphatic carbocycles. The maximum atomic E-state index is 8.64. The average molecular weight is 348 g/mol. The number of aryl methyl sites for hydroxylation is 1. The summed E-state index contributed by atoms with van der Waals surface area (Å²) in [5.74, 6) is 0.601. The van der Waals surface area contributed by atoms with Crippen molar-refractivity contribution in [3.8, 4) is 0 Å². The van der Waals surface area contributed by atoms with E-state index in [9.17, 15) is 0 Å². The zero-order valence-electron chi connectivity index (χ0n) is 18.5. The monoisotopic (exact) mass is 348 g/mol. The first-order valence-corrected chi connectivity index (χ1v) is 8.47. The summed E-state index contributed by atoms with van der Waals surface area (Å²) in [6.07, 6.45) is 3.36. The van der Waals surface area contributed by atoms with Crippen LogP contribution in [0.15, 0.2) is 53.2 Å². The van der Waals surface area contributed by atoms with Crippen molar-refractivity contribution in [1.29, 1.82) is 0 Å². The van der Waals surface area contributed by atoms with E-state index in [1.807, 2.05) is 36.1 Å². The van der Waals surface area contributed by atoms with Crippen molar-refractivity contribution in [2.75, 3.05) is 16.5 Å². The number of anilines is 3. The maximum absolute atomic E-state index is 8.64. The highest BCUT2D eigenvalue weighted by Gasteiger charge is 2.32.